The summed E-state index contributed by atoms with van der Waals surface area (Å²) in [7, 11) is 0. The quantitative estimate of drug-likeness (QED) is 0.613. The fraction of sp³-hybridized carbons (Fsp3) is 0.533. The Hall–Kier alpha value is -0.700. The molecule has 1 aromatic rings. The molecule has 0 radical (unpaired) electrons. The lowest BCUT2D eigenvalue weighted by molar-refractivity contribution is -0.118. The molecular formula is C15H20BrFO. The highest BCUT2D eigenvalue weighted by Crippen LogP contribution is 2.16. The number of unbranched alkanes of at least 4 members (excludes halogenated alkanes) is 4. The number of hydrogen-bond acceptors (Lipinski definition) is 1. The van der Waals surface area contributed by atoms with Crippen LogP contribution in [-0.4, -0.2) is 5.78 Å². The molecular weight excluding hydrogens is 295 g/mol. The van der Waals surface area contributed by atoms with E-state index in [-0.39, 0.29) is 11.6 Å². The van der Waals surface area contributed by atoms with Gasteiger partial charge in [-0.25, -0.2) is 4.39 Å². The molecule has 0 aliphatic carbocycles. The average Bonchev–Trinajstić information content (AvgIpc) is 2.27. The summed E-state index contributed by atoms with van der Waals surface area (Å²) >= 11 is 3.23. The van der Waals surface area contributed by atoms with Crippen molar-refractivity contribution in [3.8, 4) is 0 Å². The lowest BCUT2D eigenvalue weighted by atomic mass is 10.0. The lowest BCUT2D eigenvalue weighted by Crippen LogP contribution is -2.03. The highest BCUT2D eigenvalue weighted by Gasteiger charge is 2.06. The van der Waals surface area contributed by atoms with E-state index in [0.717, 1.165) is 18.4 Å². The van der Waals surface area contributed by atoms with Crippen LogP contribution in [0.1, 0.15) is 51.0 Å². The van der Waals surface area contributed by atoms with Crippen LogP contribution in [-0.2, 0) is 11.2 Å². The predicted molar refractivity (Wildman–Crippen MR) is 76.2 cm³/mol. The number of ketones is 1. The van der Waals surface area contributed by atoms with E-state index in [1.807, 2.05) is 0 Å². The largest absolute Gasteiger partial charge is 0.299 e. The van der Waals surface area contributed by atoms with Gasteiger partial charge in [0.05, 0.1) is 0 Å². The van der Waals surface area contributed by atoms with Crippen molar-refractivity contribution in [2.45, 2.75) is 51.9 Å². The Morgan fingerprint density at radius 3 is 2.56 bits per heavy atom. The molecule has 0 aliphatic rings. The van der Waals surface area contributed by atoms with Gasteiger partial charge >= 0.3 is 0 Å². The first-order chi connectivity index (χ1) is 8.61. The van der Waals surface area contributed by atoms with Crippen molar-refractivity contribution in [2.75, 3.05) is 0 Å². The molecule has 0 atom stereocenters. The molecule has 0 N–H and O–H groups in total. The zero-order valence-electron chi connectivity index (χ0n) is 10.8. The van der Waals surface area contributed by atoms with Crippen LogP contribution in [0.4, 0.5) is 4.39 Å². The number of rotatable bonds is 8. The van der Waals surface area contributed by atoms with Crippen LogP contribution in [0.15, 0.2) is 22.7 Å². The number of carbonyl (C=O) groups is 1. The van der Waals surface area contributed by atoms with Crippen molar-refractivity contribution in [1.29, 1.82) is 0 Å². The standard InChI is InChI=1S/C15H20BrFO/c1-2-3-4-5-6-7-15(18)10-12-8-13(16)11-14(17)9-12/h8-9,11H,2-7,10H2,1H3. The van der Waals surface area contributed by atoms with Gasteiger partial charge in [-0.05, 0) is 30.2 Å². The van der Waals surface area contributed by atoms with Gasteiger partial charge in [-0.2, -0.15) is 0 Å². The van der Waals surface area contributed by atoms with Crippen LogP contribution < -0.4 is 0 Å². The van der Waals surface area contributed by atoms with Crippen LogP contribution in [0.5, 0.6) is 0 Å². The smallest absolute Gasteiger partial charge is 0.137 e. The fourth-order valence-electron chi connectivity index (χ4n) is 1.95. The molecule has 0 aromatic heterocycles. The topological polar surface area (TPSA) is 17.1 Å². The van der Waals surface area contributed by atoms with Crippen LogP contribution in [0, 0.1) is 5.82 Å². The van der Waals surface area contributed by atoms with E-state index in [9.17, 15) is 9.18 Å². The Balaban J connectivity index is 2.31. The third kappa shape index (κ3) is 6.29. The van der Waals surface area contributed by atoms with E-state index in [2.05, 4.69) is 22.9 Å². The molecule has 18 heavy (non-hydrogen) atoms. The van der Waals surface area contributed by atoms with Crippen molar-refractivity contribution in [1.82, 2.24) is 0 Å². The van der Waals surface area contributed by atoms with Gasteiger partial charge in [0.2, 0.25) is 0 Å². The first-order valence-electron chi connectivity index (χ1n) is 6.58. The predicted octanol–water partition coefficient (Wildman–Crippen LogP) is 5.06. The minimum Gasteiger partial charge on any atom is -0.299 e. The number of hydrogen-bond donors (Lipinski definition) is 0. The maximum atomic E-state index is 13.1. The van der Waals surface area contributed by atoms with Crippen LogP contribution >= 0.6 is 15.9 Å². The Bertz CT molecular complexity index is 370. The molecule has 1 rings (SSSR count). The second-order valence-corrected chi connectivity index (χ2v) is 5.57. The summed E-state index contributed by atoms with van der Waals surface area (Å²) in [5.74, 6) is -0.0980. The van der Waals surface area contributed by atoms with Crippen LogP contribution in [0.25, 0.3) is 0 Å². The van der Waals surface area contributed by atoms with Crippen molar-refractivity contribution in [3.63, 3.8) is 0 Å². The van der Waals surface area contributed by atoms with Crippen molar-refractivity contribution < 1.29 is 9.18 Å². The summed E-state index contributed by atoms with van der Waals surface area (Å²) in [6, 6.07) is 4.64. The van der Waals surface area contributed by atoms with Crippen molar-refractivity contribution in [2.24, 2.45) is 0 Å². The van der Waals surface area contributed by atoms with Crippen molar-refractivity contribution in [3.05, 3.63) is 34.1 Å². The second kappa shape index (κ2) is 8.41. The molecule has 1 aromatic carbocycles. The van der Waals surface area contributed by atoms with Gasteiger partial charge in [-0.3, -0.25) is 4.79 Å². The summed E-state index contributed by atoms with van der Waals surface area (Å²) in [5.41, 5.74) is 0.750. The molecule has 100 valence electrons. The molecule has 3 heteroatoms. The number of benzene rings is 1. The second-order valence-electron chi connectivity index (χ2n) is 4.66. The molecule has 0 unspecified atom stereocenters. The summed E-state index contributed by atoms with van der Waals surface area (Å²) in [6.07, 6.45) is 6.68. The maximum Gasteiger partial charge on any atom is 0.137 e. The molecule has 1 nitrogen and oxygen atoms in total. The van der Waals surface area contributed by atoms with E-state index in [1.165, 1.54) is 31.4 Å². The van der Waals surface area contributed by atoms with Gasteiger partial charge in [0, 0.05) is 17.3 Å². The zero-order valence-corrected chi connectivity index (χ0v) is 12.4. The fourth-order valence-corrected chi connectivity index (χ4v) is 2.47. The van der Waals surface area contributed by atoms with Gasteiger partial charge in [0.1, 0.15) is 11.6 Å². The number of carbonyl (C=O) groups excluding carboxylic acids is 1. The summed E-state index contributed by atoms with van der Waals surface area (Å²) < 4.78 is 13.8. The average molecular weight is 315 g/mol. The van der Waals surface area contributed by atoms with Gasteiger partial charge < -0.3 is 0 Å². The molecule has 0 fully saturated rings. The third-order valence-electron chi connectivity index (χ3n) is 2.88. The lowest BCUT2D eigenvalue weighted by Gasteiger charge is -2.03. The summed E-state index contributed by atoms with van der Waals surface area (Å²) in [6.45, 7) is 2.17. The summed E-state index contributed by atoms with van der Waals surface area (Å²) in [4.78, 5) is 11.7. The van der Waals surface area contributed by atoms with E-state index in [0.29, 0.717) is 17.3 Å². The normalized spacial score (nSPS) is 10.6. The highest BCUT2D eigenvalue weighted by atomic mass is 79.9. The monoisotopic (exact) mass is 314 g/mol. The van der Waals surface area contributed by atoms with Gasteiger partial charge in [0.25, 0.3) is 0 Å². The molecule has 0 saturated carbocycles. The van der Waals surface area contributed by atoms with Crippen LogP contribution in [0.3, 0.4) is 0 Å². The number of halogens is 2. The maximum absolute atomic E-state index is 13.1. The van der Waals surface area contributed by atoms with E-state index >= 15 is 0 Å². The van der Waals surface area contributed by atoms with Gasteiger partial charge in [0.15, 0.2) is 0 Å². The Morgan fingerprint density at radius 1 is 1.17 bits per heavy atom. The molecule has 0 aliphatic heterocycles. The molecule has 0 heterocycles. The third-order valence-corrected chi connectivity index (χ3v) is 3.34. The SMILES string of the molecule is CCCCCCCC(=O)Cc1cc(F)cc(Br)c1. The number of Topliss-reactive ketones (excluding diaryl/α,β-unsaturated/α-hetero) is 1. The van der Waals surface area contributed by atoms with E-state index in [4.69, 9.17) is 0 Å². The Kier molecular flexibility index (Phi) is 7.18. The van der Waals surface area contributed by atoms with Gasteiger partial charge in [-0.15, -0.1) is 0 Å². The Morgan fingerprint density at radius 2 is 1.89 bits per heavy atom. The van der Waals surface area contributed by atoms with E-state index in [1.54, 1.807) is 6.07 Å². The zero-order chi connectivity index (χ0) is 13.4. The molecule has 0 bridgehead atoms. The first kappa shape index (κ1) is 15.4. The molecule has 0 spiro atoms. The highest BCUT2D eigenvalue weighted by molar-refractivity contribution is 9.10. The summed E-state index contributed by atoms with van der Waals surface area (Å²) in [5, 5.41) is 0. The minimum atomic E-state index is -0.296. The first-order valence-corrected chi connectivity index (χ1v) is 7.37. The Labute approximate surface area is 117 Å². The van der Waals surface area contributed by atoms with Crippen LogP contribution in [0.2, 0.25) is 0 Å². The minimum absolute atomic E-state index is 0.198. The van der Waals surface area contributed by atoms with E-state index < -0.39 is 0 Å². The van der Waals surface area contributed by atoms with Crippen molar-refractivity contribution >= 4 is 21.7 Å². The van der Waals surface area contributed by atoms with Gasteiger partial charge in [-0.1, -0.05) is 48.5 Å². The molecule has 0 saturated heterocycles. The molecule has 0 amide bonds.